The molecule has 1 unspecified atom stereocenters. The Morgan fingerprint density at radius 3 is 2.73 bits per heavy atom. The Morgan fingerprint density at radius 2 is 2.18 bits per heavy atom. The number of carbonyl (C=O) groups is 2. The van der Waals surface area contributed by atoms with Crippen LogP contribution >= 0.6 is 0 Å². The van der Waals surface area contributed by atoms with Gasteiger partial charge in [0.05, 0.1) is 13.2 Å². The molecule has 1 aliphatic heterocycles. The number of hydrogen-bond acceptors (Lipinski definition) is 5. The minimum Gasteiger partial charge on any atom is -0.479 e. The number of ether oxygens (including phenoxy) is 1. The van der Waals surface area contributed by atoms with E-state index in [4.69, 9.17) is 9.84 Å². The molecule has 0 aliphatic carbocycles. The van der Waals surface area contributed by atoms with E-state index >= 15 is 0 Å². The van der Waals surface area contributed by atoms with Gasteiger partial charge in [-0.15, -0.1) is 5.10 Å². The molecule has 1 aliphatic rings. The lowest BCUT2D eigenvalue weighted by molar-refractivity contribution is -0.177. The number of hydrogen-bond donors (Lipinski definition) is 1. The zero-order chi connectivity index (χ0) is 16.5. The molecule has 1 saturated heterocycles. The number of carboxylic acids is 1. The molecule has 0 bridgehead atoms. The van der Waals surface area contributed by atoms with Gasteiger partial charge in [0.1, 0.15) is 12.9 Å². The van der Waals surface area contributed by atoms with Crippen LogP contribution in [0.25, 0.3) is 0 Å². The molecule has 1 N–H and O–H groups in total. The molecular weight excluding hydrogens is 309 g/mol. The predicted octanol–water partition coefficient (Wildman–Crippen LogP) is -0.001000. The monoisotopic (exact) mass is 322 g/mol. The van der Waals surface area contributed by atoms with Crippen molar-refractivity contribution in [3.63, 3.8) is 0 Å². The highest BCUT2D eigenvalue weighted by Gasteiger charge is 2.41. The van der Waals surface area contributed by atoms with E-state index < -0.39 is 36.0 Å². The molecule has 1 aromatic rings. The number of rotatable bonds is 3. The molecule has 8 nitrogen and oxygen atoms in total. The van der Waals surface area contributed by atoms with Crippen LogP contribution < -0.4 is 0 Å². The lowest BCUT2D eigenvalue weighted by Gasteiger charge is -2.37. The van der Waals surface area contributed by atoms with Gasteiger partial charge in [0.15, 0.2) is 5.60 Å². The highest BCUT2D eigenvalue weighted by molar-refractivity contribution is 5.80. The van der Waals surface area contributed by atoms with Crippen LogP contribution in [0.4, 0.5) is 13.2 Å². The zero-order valence-electron chi connectivity index (χ0n) is 11.5. The third kappa shape index (κ3) is 3.35. The van der Waals surface area contributed by atoms with Gasteiger partial charge >= 0.3 is 12.1 Å². The van der Waals surface area contributed by atoms with Gasteiger partial charge in [-0.25, -0.2) is 14.5 Å². The van der Waals surface area contributed by atoms with Crippen molar-refractivity contribution >= 4 is 11.9 Å². The van der Waals surface area contributed by atoms with Crippen LogP contribution in [0.15, 0.2) is 6.33 Å². The first-order valence-corrected chi connectivity index (χ1v) is 6.23. The standard InChI is InChI=1S/C11H13F3N4O4/c1-10(9(20)21)5-17(2-3-22-10)7(19)4-18-6-15-8(16-18)11(12,13)14/h6H,2-5H2,1H3,(H,20,21). The van der Waals surface area contributed by atoms with Crippen molar-refractivity contribution in [1.82, 2.24) is 19.7 Å². The molecule has 2 rings (SSSR count). The fourth-order valence-corrected chi connectivity index (χ4v) is 1.95. The Hall–Kier alpha value is -2.17. The summed E-state index contributed by atoms with van der Waals surface area (Å²) in [5, 5.41) is 12.2. The molecule has 0 aromatic carbocycles. The maximum Gasteiger partial charge on any atom is 0.453 e. The molecule has 0 spiro atoms. The molecule has 1 aromatic heterocycles. The summed E-state index contributed by atoms with van der Waals surface area (Å²) in [5.41, 5.74) is -1.53. The molecular formula is C11H13F3N4O4. The number of carbonyl (C=O) groups excluding carboxylic acids is 1. The van der Waals surface area contributed by atoms with E-state index in [2.05, 4.69) is 10.1 Å². The molecule has 1 amide bonds. The van der Waals surface area contributed by atoms with E-state index in [0.29, 0.717) is 0 Å². The Bertz CT molecular complexity index is 588. The van der Waals surface area contributed by atoms with Crippen molar-refractivity contribution in [2.24, 2.45) is 0 Å². The van der Waals surface area contributed by atoms with E-state index in [1.165, 1.54) is 11.8 Å². The summed E-state index contributed by atoms with van der Waals surface area (Å²) in [4.78, 5) is 27.4. The molecule has 1 fully saturated rings. The van der Waals surface area contributed by atoms with Crippen molar-refractivity contribution in [2.45, 2.75) is 25.2 Å². The minimum absolute atomic E-state index is 0.0275. The molecule has 11 heteroatoms. The van der Waals surface area contributed by atoms with E-state index in [-0.39, 0.29) is 19.7 Å². The predicted molar refractivity (Wildman–Crippen MR) is 63.6 cm³/mol. The van der Waals surface area contributed by atoms with Gasteiger partial charge in [-0.3, -0.25) is 4.79 Å². The summed E-state index contributed by atoms with van der Waals surface area (Å²) >= 11 is 0. The van der Waals surface area contributed by atoms with Crippen LogP contribution in [0, 0.1) is 0 Å². The molecule has 2 heterocycles. The number of morpholine rings is 1. The second-order valence-corrected chi connectivity index (χ2v) is 4.96. The molecule has 122 valence electrons. The Kier molecular flexibility index (Phi) is 4.09. The van der Waals surface area contributed by atoms with Crippen molar-refractivity contribution in [3.05, 3.63) is 12.2 Å². The largest absolute Gasteiger partial charge is 0.479 e. The number of halogens is 3. The third-order valence-corrected chi connectivity index (χ3v) is 3.17. The number of aromatic nitrogens is 3. The van der Waals surface area contributed by atoms with Crippen LogP contribution in [0.5, 0.6) is 0 Å². The van der Waals surface area contributed by atoms with Gasteiger partial charge in [-0.05, 0) is 6.92 Å². The molecule has 0 saturated carbocycles. The fourth-order valence-electron chi connectivity index (χ4n) is 1.95. The summed E-state index contributed by atoms with van der Waals surface area (Å²) in [5.74, 6) is -3.11. The van der Waals surface area contributed by atoms with Crippen LogP contribution in [0.3, 0.4) is 0 Å². The van der Waals surface area contributed by atoms with Crippen molar-refractivity contribution in [1.29, 1.82) is 0 Å². The first-order valence-electron chi connectivity index (χ1n) is 6.23. The summed E-state index contributed by atoms with van der Waals surface area (Å²) in [6, 6.07) is 0. The summed E-state index contributed by atoms with van der Waals surface area (Å²) in [6.07, 6.45) is -3.88. The van der Waals surface area contributed by atoms with E-state index in [1.54, 1.807) is 0 Å². The SMILES string of the molecule is CC1(C(=O)O)CN(C(=O)Cn2cnc(C(F)(F)F)n2)CCO1. The Morgan fingerprint density at radius 1 is 1.50 bits per heavy atom. The molecule has 22 heavy (non-hydrogen) atoms. The molecule has 0 radical (unpaired) electrons. The lowest BCUT2D eigenvalue weighted by Crippen LogP contribution is -2.56. The van der Waals surface area contributed by atoms with Crippen LogP contribution in [0.1, 0.15) is 12.7 Å². The number of amides is 1. The van der Waals surface area contributed by atoms with Gasteiger partial charge in [0.2, 0.25) is 5.91 Å². The summed E-state index contributed by atoms with van der Waals surface area (Å²) in [7, 11) is 0. The average Bonchev–Trinajstić information content (AvgIpc) is 2.87. The van der Waals surface area contributed by atoms with E-state index in [9.17, 15) is 22.8 Å². The maximum atomic E-state index is 12.4. The second-order valence-electron chi connectivity index (χ2n) is 4.96. The average molecular weight is 322 g/mol. The third-order valence-electron chi connectivity index (χ3n) is 3.17. The van der Waals surface area contributed by atoms with Gasteiger partial charge in [-0.2, -0.15) is 13.2 Å². The van der Waals surface area contributed by atoms with Crippen LogP contribution in [-0.2, 0) is 27.0 Å². The highest BCUT2D eigenvalue weighted by Crippen LogP contribution is 2.25. The zero-order valence-corrected chi connectivity index (χ0v) is 11.5. The topological polar surface area (TPSA) is 97.6 Å². The van der Waals surface area contributed by atoms with Gasteiger partial charge in [0, 0.05) is 6.54 Å². The van der Waals surface area contributed by atoms with Crippen molar-refractivity contribution < 1.29 is 32.6 Å². The smallest absolute Gasteiger partial charge is 0.453 e. The minimum atomic E-state index is -4.69. The fraction of sp³-hybridized carbons (Fsp3) is 0.636. The summed E-state index contributed by atoms with van der Waals surface area (Å²) in [6.45, 7) is 0.856. The second kappa shape index (κ2) is 5.55. The van der Waals surface area contributed by atoms with E-state index in [0.717, 1.165) is 11.0 Å². The van der Waals surface area contributed by atoms with Crippen LogP contribution in [0.2, 0.25) is 0 Å². The highest BCUT2D eigenvalue weighted by atomic mass is 19.4. The Labute approximate surface area is 122 Å². The lowest BCUT2D eigenvalue weighted by atomic mass is 10.0. The summed E-state index contributed by atoms with van der Waals surface area (Å²) < 4.78 is 43.0. The van der Waals surface area contributed by atoms with Gasteiger partial charge in [0.25, 0.3) is 5.82 Å². The van der Waals surface area contributed by atoms with E-state index in [1.807, 2.05) is 0 Å². The number of carboxylic acid groups (broad SMARTS) is 1. The van der Waals surface area contributed by atoms with Gasteiger partial charge < -0.3 is 14.7 Å². The normalized spacial score (nSPS) is 22.6. The maximum absolute atomic E-state index is 12.4. The van der Waals surface area contributed by atoms with Crippen molar-refractivity contribution in [2.75, 3.05) is 19.7 Å². The number of nitrogens with zero attached hydrogens (tertiary/aromatic N) is 4. The van der Waals surface area contributed by atoms with Gasteiger partial charge in [-0.1, -0.05) is 0 Å². The first kappa shape index (κ1) is 16.2. The number of aliphatic carboxylic acids is 1. The van der Waals surface area contributed by atoms with Crippen LogP contribution in [-0.4, -0.2) is 61.9 Å². The van der Waals surface area contributed by atoms with Crippen molar-refractivity contribution in [3.8, 4) is 0 Å². The number of alkyl halides is 3. The quantitative estimate of drug-likeness (QED) is 0.841. The Balaban J connectivity index is 2.03. The molecule has 1 atom stereocenters. The first-order chi connectivity index (χ1) is 10.1.